The quantitative estimate of drug-likeness (QED) is 0.692. The molecule has 3 rings (SSSR count). The van der Waals surface area contributed by atoms with E-state index in [0.29, 0.717) is 11.7 Å². The molecule has 0 amide bonds. The van der Waals surface area contributed by atoms with E-state index >= 15 is 0 Å². The van der Waals surface area contributed by atoms with Gasteiger partial charge in [-0.2, -0.15) is 0 Å². The SMILES string of the molecule is Cc1cc(N)nc(SCC2CCCc3ccccc32)n1. The Hall–Kier alpha value is -1.55. The van der Waals surface area contributed by atoms with Gasteiger partial charge in [0.1, 0.15) is 5.82 Å². The number of anilines is 1. The van der Waals surface area contributed by atoms with E-state index in [1.807, 2.05) is 6.92 Å². The molecule has 0 spiro atoms. The van der Waals surface area contributed by atoms with E-state index in [2.05, 4.69) is 34.2 Å². The molecule has 104 valence electrons. The van der Waals surface area contributed by atoms with E-state index in [1.54, 1.807) is 17.8 Å². The standard InChI is InChI=1S/C16H19N3S/c1-11-9-15(17)19-16(18-11)20-10-13-7-4-6-12-5-2-3-8-14(12)13/h2-3,5,8-9,13H,4,6-7,10H2,1H3,(H2,17,18,19). The summed E-state index contributed by atoms with van der Waals surface area (Å²) in [5.74, 6) is 2.19. The fourth-order valence-electron chi connectivity index (χ4n) is 2.83. The largest absolute Gasteiger partial charge is 0.384 e. The zero-order valence-electron chi connectivity index (χ0n) is 11.7. The van der Waals surface area contributed by atoms with E-state index in [-0.39, 0.29) is 0 Å². The number of hydrogen-bond acceptors (Lipinski definition) is 4. The Morgan fingerprint density at radius 3 is 3.00 bits per heavy atom. The number of nitrogens with zero attached hydrogens (tertiary/aromatic N) is 2. The highest BCUT2D eigenvalue weighted by Gasteiger charge is 2.20. The number of rotatable bonds is 3. The van der Waals surface area contributed by atoms with Gasteiger partial charge in [0, 0.05) is 17.5 Å². The average Bonchev–Trinajstić information content (AvgIpc) is 2.44. The minimum absolute atomic E-state index is 0.559. The van der Waals surface area contributed by atoms with E-state index in [1.165, 1.54) is 30.4 Å². The summed E-state index contributed by atoms with van der Waals surface area (Å²) in [7, 11) is 0. The van der Waals surface area contributed by atoms with E-state index in [4.69, 9.17) is 5.73 Å². The first kappa shape index (κ1) is 13.4. The number of aryl methyl sites for hydroxylation is 2. The molecule has 0 bridgehead atoms. The lowest BCUT2D eigenvalue weighted by molar-refractivity contribution is 0.596. The lowest BCUT2D eigenvalue weighted by Crippen LogP contribution is -2.12. The molecule has 1 heterocycles. The van der Waals surface area contributed by atoms with Crippen molar-refractivity contribution in [2.24, 2.45) is 0 Å². The molecule has 0 fully saturated rings. The van der Waals surface area contributed by atoms with Gasteiger partial charge in [-0.05, 0) is 43.2 Å². The maximum absolute atomic E-state index is 5.78. The fourth-order valence-corrected chi connectivity index (χ4v) is 3.91. The lowest BCUT2D eigenvalue weighted by Gasteiger charge is -2.24. The summed E-state index contributed by atoms with van der Waals surface area (Å²) >= 11 is 1.72. The average molecular weight is 285 g/mol. The lowest BCUT2D eigenvalue weighted by atomic mass is 9.84. The molecule has 0 aliphatic heterocycles. The van der Waals surface area contributed by atoms with Crippen molar-refractivity contribution in [3.05, 3.63) is 47.2 Å². The normalized spacial score (nSPS) is 17.8. The van der Waals surface area contributed by atoms with Crippen molar-refractivity contribution in [1.82, 2.24) is 9.97 Å². The number of thioether (sulfide) groups is 1. The predicted octanol–water partition coefficient (Wildman–Crippen LogP) is 3.58. The minimum atomic E-state index is 0.559. The van der Waals surface area contributed by atoms with Gasteiger partial charge in [0.25, 0.3) is 0 Å². The molecule has 1 aromatic heterocycles. The van der Waals surface area contributed by atoms with Crippen molar-refractivity contribution in [1.29, 1.82) is 0 Å². The van der Waals surface area contributed by atoms with Gasteiger partial charge in [-0.3, -0.25) is 0 Å². The van der Waals surface area contributed by atoms with Crippen LogP contribution in [0, 0.1) is 6.92 Å². The Morgan fingerprint density at radius 2 is 2.15 bits per heavy atom. The van der Waals surface area contributed by atoms with Gasteiger partial charge in [-0.15, -0.1) is 0 Å². The number of fused-ring (bicyclic) bond motifs is 1. The molecule has 1 aliphatic rings. The third kappa shape index (κ3) is 2.96. The van der Waals surface area contributed by atoms with Crippen molar-refractivity contribution in [3.63, 3.8) is 0 Å². The van der Waals surface area contributed by atoms with Crippen molar-refractivity contribution in [2.45, 2.75) is 37.3 Å². The van der Waals surface area contributed by atoms with Crippen LogP contribution in [-0.4, -0.2) is 15.7 Å². The first-order valence-electron chi connectivity index (χ1n) is 7.04. The zero-order chi connectivity index (χ0) is 13.9. The van der Waals surface area contributed by atoms with Gasteiger partial charge in [0.2, 0.25) is 0 Å². The van der Waals surface area contributed by atoms with Crippen LogP contribution in [0.25, 0.3) is 0 Å². The minimum Gasteiger partial charge on any atom is -0.384 e. The first-order valence-corrected chi connectivity index (χ1v) is 8.02. The molecule has 0 saturated carbocycles. The molecule has 1 atom stereocenters. The third-order valence-corrected chi connectivity index (χ3v) is 4.77. The second-order valence-corrected chi connectivity index (χ2v) is 6.30. The van der Waals surface area contributed by atoms with E-state index < -0.39 is 0 Å². The molecule has 3 nitrogen and oxygen atoms in total. The van der Waals surface area contributed by atoms with Gasteiger partial charge < -0.3 is 5.73 Å². The van der Waals surface area contributed by atoms with E-state index in [9.17, 15) is 0 Å². The van der Waals surface area contributed by atoms with Crippen molar-refractivity contribution < 1.29 is 0 Å². The Bertz CT molecular complexity index is 592. The highest BCUT2D eigenvalue weighted by atomic mass is 32.2. The molecule has 1 aliphatic carbocycles. The Kier molecular flexibility index (Phi) is 3.92. The summed E-state index contributed by atoms with van der Waals surface area (Å²) < 4.78 is 0. The van der Waals surface area contributed by atoms with E-state index in [0.717, 1.165) is 16.6 Å². The second kappa shape index (κ2) is 5.83. The fraction of sp³-hybridized carbons (Fsp3) is 0.375. The number of hydrogen-bond donors (Lipinski definition) is 1. The summed E-state index contributed by atoms with van der Waals surface area (Å²) in [6.07, 6.45) is 3.75. The molecule has 1 unspecified atom stereocenters. The van der Waals surface area contributed by atoms with Gasteiger partial charge in [-0.1, -0.05) is 36.0 Å². The van der Waals surface area contributed by atoms with Crippen molar-refractivity contribution in [3.8, 4) is 0 Å². The summed E-state index contributed by atoms with van der Waals surface area (Å²) in [5, 5.41) is 0.797. The van der Waals surface area contributed by atoms with Crippen LogP contribution in [0.3, 0.4) is 0 Å². The van der Waals surface area contributed by atoms with Gasteiger partial charge in [0.05, 0.1) is 0 Å². The number of aromatic nitrogens is 2. The maximum atomic E-state index is 5.78. The molecule has 2 N–H and O–H groups in total. The van der Waals surface area contributed by atoms with Crippen LogP contribution in [0.4, 0.5) is 5.82 Å². The molecule has 20 heavy (non-hydrogen) atoms. The Balaban J connectivity index is 1.73. The number of nitrogens with two attached hydrogens (primary N) is 1. The number of benzene rings is 1. The van der Waals surface area contributed by atoms with Crippen molar-refractivity contribution in [2.75, 3.05) is 11.5 Å². The summed E-state index contributed by atoms with van der Waals surface area (Å²) in [5.41, 5.74) is 9.73. The summed E-state index contributed by atoms with van der Waals surface area (Å²) in [6, 6.07) is 10.6. The van der Waals surface area contributed by atoms with Crippen LogP contribution in [0.15, 0.2) is 35.5 Å². The molecule has 0 radical (unpaired) electrons. The van der Waals surface area contributed by atoms with Gasteiger partial charge in [-0.25, -0.2) is 9.97 Å². The third-order valence-electron chi connectivity index (χ3n) is 3.76. The van der Waals surface area contributed by atoms with Crippen LogP contribution in [0.1, 0.15) is 35.6 Å². The van der Waals surface area contributed by atoms with Crippen LogP contribution >= 0.6 is 11.8 Å². The Labute approximate surface area is 124 Å². The zero-order valence-corrected chi connectivity index (χ0v) is 12.5. The predicted molar refractivity (Wildman–Crippen MR) is 84.0 cm³/mol. The highest BCUT2D eigenvalue weighted by Crippen LogP contribution is 2.35. The van der Waals surface area contributed by atoms with Crippen LogP contribution < -0.4 is 5.73 Å². The smallest absolute Gasteiger partial charge is 0.189 e. The van der Waals surface area contributed by atoms with Crippen LogP contribution in [0.5, 0.6) is 0 Å². The van der Waals surface area contributed by atoms with Gasteiger partial charge in [0.15, 0.2) is 5.16 Å². The molecule has 4 heteroatoms. The summed E-state index contributed by atoms with van der Waals surface area (Å²) in [4.78, 5) is 8.75. The van der Waals surface area contributed by atoms with Gasteiger partial charge >= 0.3 is 0 Å². The highest BCUT2D eigenvalue weighted by molar-refractivity contribution is 7.99. The molecular weight excluding hydrogens is 266 g/mol. The second-order valence-electron chi connectivity index (χ2n) is 5.32. The van der Waals surface area contributed by atoms with Crippen LogP contribution in [-0.2, 0) is 6.42 Å². The first-order chi connectivity index (χ1) is 9.72. The monoisotopic (exact) mass is 285 g/mol. The molecular formula is C16H19N3S. The molecule has 2 aromatic rings. The topological polar surface area (TPSA) is 51.8 Å². The molecule has 0 saturated heterocycles. The summed E-state index contributed by atoms with van der Waals surface area (Å²) in [6.45, 7) is 1.96. The maximum Gasteiger partial charge on any atom is 0.189 e. The number of nitrogen functional groups attached to an aromatic ring is 1. The Morgan fingerprint density at radius 1 is 1.30 bits per heavy atom. The van der Waals surface area contributed by atoms with Crippen LogP contribution in [0.2, 0.25) is 0 Å². The molecule has 1 aromatic carbocycles. The van der Waals surface area contributed by atoms with Crippen molar-refractivity contribution >= 4 is 17.6 Å².